The fraction of sp³-hybridized carbons (Fsp3) is 0.905. The summed E-state index contributed by atoms with van der Waals surface area (Å²) in [7, 11) is 0. The molecule has 0 aliphatic rings. The first-order valence-corrected chi connectivity index (χ1v) is 20.7. The molecule has 0 radical (unpaired) electrons. The summed E-state index contributed by atoms with van der Waals surface area (Å²) < 4.78 is 10.9. The Kier molecular flexibility index (Phi) is 39.2. The van der Waals surface area contributed by atoms with Gasteiger partial charge >= 0.3 is 35.0 Å². The van der Waals surface area contributed by atoms with Crippen molar-refractivity contribution in [2.75, 3.05) is 0 Å². The van der Waals surface area contributed by atoms with Gasteiger partial charge in [0, 0.05) is 0 Å². The Morgan fingerprint density at radius 1 is 0.392 bits per heavy atom. The molecule has 0 aliphatic heterocycles. The molecule has 0 N–H and O–H groups in total. The van der Waals surface area contributed by atoms with Crippen molar-refractivity contribution in [1.29, 1.82) is 0 Å². The Morgan fingerprint density at radius 2 is 0.608 bits per heavy atom. The van der Waals surface area contributed by atoms with E-state index in [0.29, 0.717) is 0 Å². The standard InChI is InChI=1S/2C21H40O4.Mg/c2*1-4-6-8-9-10-11-12-13-14-15-17-21(3,16-7-5-2)25-20(24)18-19(22)23;/h2*4-18H2,1-3H3,(H,22,23);/q;;+2/p-2. The smallest absolute Gasteiger partial charge is 0.550 e. The second-order valence-corrected chi connectivity index (χ2v) is 15.0. The Balaban J connectivity index is -0.000000886. The van der Waals surface area contributed by atoms with Gasteiger partial charge in [0.15, 0.2) is 0 Å². The van der Waals surface area contributed by atoms with E-state index in [0.717, 1.165) is 77.0 Å². The minimum Gasteiger partial charge on any atom is -0.550 e. The maximum Gasteiger partial charge on any atom is 2.00 e. The van der Waals surface area contributed by atoms with Gasteiger partial charge in [0.25, 0.3) is 0 Å². The normalized spacial score (nSPS) is 13.1. The summed E-state index contributed by atoms with van der Waals surface area (Å²) in [5.74, 6) is -4.10. The zero-order valence-electron chi connectivity index (χ0n) is 34.2. The maximum absolute atomic E-state index is 11.7. The van der Waals surface area contributed by atoms with E-state index in [1.54, 1.807) is 0 Å². The number of carbonyl (C=O) groups is 4. The first-order chi connectivity index (χ1) is 23.9. The molecule has 0 aromatic rings. The number of carboxylic acids is 2. The zero-order chi connectivity index (χ0) is 37.9. The van der Waals surface area contributed by atoms with Crippen LogP contribution in [-0.2, 0) is 28.7 Å². The van der Waals surface area contributed by atoms with Crippen LogP contribution in [0.5, 0.6) is 0 Å². The number of carboxylic acid groups (broad SMARTS) is 2. The summed E-state index contributed by atoms with van der Waals surface area (Å²) in [6.45, 7) is 12.6. The van der Waals surface area contributed by atoms with E-state index >= 15 is 0 Å². The number of rotatable bonds is 34. The van der Waals surface area contributed by atoms with Crippen LogP contribution in [0.2, 0.25) is 0 Å². The van der Waals surface area contributed by atoms with Gasteiger partial charge in [-0.2, -0.15) is 0 Å². The van der Waals surface area contributed by atoms with Crippen molar-refractivity contribution < 1.29 is 38.9 Å². The Morgan fingerprint density at radius 3 is 0.843 bits per heavy atom. The molecule has 2 unspecified atom stereocenters. The molecule has 2 atom stereocenters. The largest absolute Gasteiger partial charge is 2.00 e. The number of hydrogen-bond acceptors (Lipinski definition) is 8. The molecule has 9 heteroatoms. The Labute approximate surface area is 329 Å². The molecule has 0 bridgehead atoms. The van der Waals surface area contributed by atoms with Gasteiger partial charge < -0.3 is 29.3 Å². The van der Waals surface area contributed by atoms with E-state index in [1.807, 2.05) is 13.8 Å². The summed E-state index contributed by atoms with van der Waals surface area (Å²) in [5, 5.41) is 21.1. The fourth-order valence-electron chi connectivity index (χ4n) is 6.39. The van der Waals surface area contributed by atoms with E-state index < -0.39 is 47.9 Å². The van der Waals surface area contributed by atoms with Crippen molar-refractivity contribution in [2.45, 2.75) is 245 Å². The minimum absolute atomic E-state index is 0. The van der Waals surface area contributed by atoms with E-state index in [1.165, 1.54) is 103 Å². The molecular weight excluding hydrogens is 657 g/mol. The van der Waals surface area contributed by atoms with Crippen LogP contribution in [0.4, 0.5) is 0 Å². The van der Waals surface area contributed by atoms with E-state index in [4.69, 9.17) is 9.47 Å². The van der Waals surface area contributed by atoms with E-state index in [-0.39, 0.29) is 23.1 Å². The molecular formula is C42H78MgO8. The summed E-state index contributed by atoms with van der Waals surface area (Å²) >= 11 is 0. The van der Waals surface area contributed by atoms with Crippen molar-refractivity contribution in [3.05, 3.63) is 0 Å². The summed E-state index contributed by atoms with van der Waals surface area (Å²) in [6.07, 6.45) is 31.3. The third kappa shape index (κ3) is 38.2. The number of esters is 2. The van der Waals surface area contributed by atoms with Crippen molar-refractivity contribution >= 4 is 46.9 Å². The van der Waals surface area contributed by atoms with Crippen LogP contribution in [0.15, 0.2) is 0 Å². The molecule has 0 heterocycles. The van der Waals surface area contributed by atoms with Gasteiger partial charge in [0.1, 0.15) is 11.2 Å². The Bertz CT molecular complexity index is 783. The molecule has 0 spiro atoms. The van der Waals surface area contributed by atoms with Gasteiger partial charge in [-0.05, 0) is 65.2 Å². The SMILES string of the molecule is CCCCCCCCCCCCC(C)(CCCC)OC(=O)CC(=O)[O-].CCCCCCCCCCCCC(C)(CCCC)OC(=O)CC(=O)[O-].[Mg+2]. The number of carbonyl (C=O) groups excluding carboxylic acids is 4. The summed E-state index contributed by atoms with van der Waals surface area (Å²) in [6, 6.07) is 0. The molecule has 0 saturated carbocycles. The van der Waals surface area contributed by atoms with Crippen molar-refractivity contribution in [3.63, 3.8) is 0 Å². The molecule has 0 rings (SSSR count). The van der Waals surface area contributed by atoms with Crippen LogP contribution in [0.3, 0.4) is 0 Å². The van der Waals surface area contributed by atoms with Crippen LogP contribution >= 0.6 is 0 Å². The van der Waals surface area contributed by atoms with Crippen LogP contribution in [-0.4, -0.2) is 58.1 Å². The molecule has 0 amide bonds. The third-order valence-electron chi connectivity index (χ3n) is 9.53. The number of unbranched alkanes of at least 4 members (excludes halogenated alkanes) is 20. The number of aliphatic carboxylic acids is 2. The van der Waals surface area contributed by atoms with Crippen molar-refractivity contribution in [3.8, 4) is 0 Å². The maximum atomic E-state index is 11.7. The molecule has 0 saturated heterocycles. The van der Waals surface area contributed by atoms with Crippen LogP contribution in [0.25, 0.3) is 0 Å². The van der Waals surface area contributed by atoms with Gasteiger partial charge in [0.05, 0.1) is 24.8 Å². The number of hydrogen-bond donors (Lipinski definition) is 0. The van der Waals surface area contributed by atoms with Crippen LogP contribution in [0.1, 0.15) is 234 Å². The van der Waals surface area contributed by atoms with Gasteiger partial charge in [-0.25, -0.2) is 0 Å². The monoisotopic (exact) mass is 735 g/mol. The average Bonchev–Trinajstić information content (AvgIpc) is 3.04. The molecule has 0 aromatic heterocycles. The first-order valence-electron chi connectivity index (χ1n) is 20.7. The second-order valence-electron chi connectivity index (χ2n) is 15.0. The van der Waals surface area contributed by atoms with E-state index in [2.05, 4.69) is 27.7 Å². The molecule has 51 heavy (non-hydrogen) atoms. The predicted octanol–water partition coefficient (Wildman–Crippen LogP) is 9.48. The average molecular weight is 735 g/mol. The molecule has 8 nitrogen and oxygen atoms in total. The molecule has 0 aliphatic carbocycles. The van der Waals surface area contributed by atoms with Crippen LogP contribution in [0, 0.1) is 0 Å². The molecule has 296 valence electrons. The third-order valence-corrected chi connectivity index (χ3v) is 9.53. The first kappa shape index (κ1) is 54.0. The predicted molar refractivity (Wildman–Crippen MR) is 206 cm³/mol. The van der Waals surface area contributed by atoms with Crippen molar-refractivity contribution in [2.24, 2.45) is 0 Å². The van der Waals surface area contributed by atoms with Gasteiger partial charge in [-0.1, -0.05) is 156 Å². The van der Waals surface area contributed by atoms with Crippen molar-refractivity contribution in [1.82, 2.24) is 0 Å². The van der Waals surface area contributed by atoms with E-state index in [9.17, 15) is 29.4 Å². The van der Waals surface area contributed by atoms with Crippen LogP contribution < -0.4 is 10.2 Å². The van der Waals surface area contributed by atoms with Gasteiger partial charge in [0.2, 0.25) is 0 Å². The fourth-order valence-corrected chi connectivity index (χ4v) is 6.39. The molecule has 0 aromatic carbocycles. The number of ether oxygens (including phenoxy) is 2. The summed E-state index contributed by atoms with van der Waals surface area (Å²) in [5.41, 5.74) is -1.08. The van der Waals surface area contributed by atoms with Gasteiger partial charge in [-0.3, -0.25) is 9.59 Å². The molecule has 0 fully saturated rings. The summed E-state index contributed by atoms with van der Waals surface area (Å²) in [4.78, 5) is 44.4. The quantitative estimate of drug-likeness (QED) is 0.0276. The topological polar surface area (TPSA) is 133 Å². The minimum atomic E-state index is -1.37. The zero-order valence-corrected chi connectivity index (χ0v) is 35.6. The Hall–Kier alpha value is -1.35. The van der Waals surface area contributed by atoms with Gasteiger partial charge in [-0.15, -0.1) is 0 Å². The second kappa shape index (κ2) is 37.0.